The minimum absolute atomic E-state index is 0.0706. The molecule has 1 heterocycles. The van der Waals surface area contributed by atoms with Crippen molar-refractivity contribution in [3.63, 3.8) is 0 Å². The lowest BCUT2D eigenvalue weighted by atomic mass is 9.93. The molecular formula is C28H24O8. The standard InChI is InChI=1S/C28H24O8/c1-15-2-3-16(11-24(15)32)10-19(28(34)35)12-20(29)7-4-17-5-9-23(31)27-21(17)14-26(36-27)18-6-8-22(30)25(33)13-18/h2-9,11,13-14,19,30-33H,10,12H2,1H3,(H,34,35)/b7-4+/t19-/m1/s1. The molecule has 0 aliphatic carbocycles. The molecule has 0 saturated carbocycles. The van der Waals surface area contributed by atoms with Gasteiger partial charge in [-0.1, -0.05) is 24.3 Å². The Morgan fingerprint density at radius 3 is 2.33 bits per heavy atom. The van der Waals surface area contributed by atoms with E-state index < -0.39 is 17.7 Å². The van der Waals surface area contributed by atoms with Gasteiger partial charge in [-0.3, -0.25) is 9.59 Å². The number of phenolic OH excluding ortho intramolecular Hbond substituents is 4. The number of aliphatic carboxylic acids is 1. The van der Waals surface area contributed by atoms with Gasteiger partial charge in [0.1, 0.15) is 11.5 Å². The Morgan fingerprint density at radius 1 is 0.889 bits per heavy atom. The number of aryl methyl sites for hydroxylation is 1. The lowest BCUT2D eigenvalue weighted by molar-refractivity contribution is -0.143. The largest absolute Gasteiger partial charge is 0.508 e. The number of carboxylic acids is 1. The number of fused-ring (bicyclic) bond motifs is 1. The van der Waals surface area contributed by atoms with E-state index in [1.165, 1.54) is 36.4 Å². The minimum Gasteiger partial charge on any atom is -0.508 e. The Labute approximate surface area is 206 Å². The van der Waals surface area contributed by atoms with Gasteiger partial charge in [0, 0.05) is 17.4 Å². The van der Waals surface area contributed by atoms with Gasteiger partial charge in [-0.15, -0.1) is 0 Å². The molecule has 1 atom stereocenters. The number of hydrogen-bond donors (Lipinski definition) is 5. The summed E-state index contributed by atoms with van der Waals surface area (Å²) in [6, 6.07) is 13.7. The number of rotatable bonds is 8. The van der Waals surface area contributed by atoms with Crippen LogP contribution in [0, 0.1) is 12.8 Å². The highest BCUT2D eigenvalue weighted by Gasteiger charge is 2.21. The molecule has 184 valence electrons. The van der Waals surface area contributed by atoms with Crippen LogP contribution in [0.1, 0.15) is 23.1 Å². The number of phenols is 4. The van der Waals surface area contributed by atoms with E-state index in [4.69, 9.17) is 4.42 Å². The van der Waals surface area contributed by atoms with Gasteiger partial charge >= 0.3 is 5.97 Å². The molecule has 0 spiro atoms. The highest BCUT2D eigenvalue weighted by molar-refractivity contribution is 6.00. The number of hydrogen-bond acceptors (Lipinski definition) is 7. The van der Waals surface area contributed by atoms with Crippen molar-refractivity contribution in [3.05, 3.63) is 77.4 Å². The Kier molecular flexibility index (Phi) is 6.69. The van der Waals surface area contributed by atoms with Gasteiger partial charge in [0.05, 0.1) is 5.92 Å². The Bertz CT molecular complexity index is 1500. The second-order valence-electron chi connectivity index (χ2n) is 8.59. The van der Waals surface area contributed by atoms with Crippen molar-refractivity contribution in [2.45, 2.75) is 19.8 Å². The molecule has 5 N–H and O–H groups in total. The molecule has 3 aromatic carbocycles. The van der Waals surface area contributed by atoms with Gasteiger partial charge in [-0.25, -0.2) is 0 Å². The molecular weight excluding hydrogens is 464 g/mol. The maximum Gasteiger partial charge on any atom is 0.307 e. The smallest absolute Gasteiger partial charge is 0.307 e. The molecule has 0 aliphatic rings. The predicted molar refractivity (Wildman–Crippen MR) is 133 cm³/mol. The average Bonchev–Trinajstić information content (AvgIpc) is 3.29. The first-order chi connectivity index (χ1) is 17.1. The minimum atomic E-state index is -1.11. The van der Waals surface area contributed by atoms with Crippen molar-refractivity contribution in [2.75, 3.05) is 0 Å². The topological polar surface area (TPSA) is 148 Å². The number of aromatic hydroxyl groups is 4. The summed E-state index contributed by atoms with van der Waals surface area (Å²) in [5.74, 6) is -2.79. The molecule has 36 heavy (non-hydrogen) atoms. The molecule has 8 nitrogen and oxygen atoms in total. The summed E-state index contributed by atoms with van der Waals surface area (Å²) in [4.78, 5) is 24.4. The van der Waals surface area contributed by atoms with Crippen molar-refractivity contribution >= 4 is 28.8 Å². The zero-order chi connectivity index (χ0) is 26.0. The van der Waals surface area contributed by atoms with Crippen LogP contribution >= 0.6 is 0 Å². The zero-order valence-electron chi connectivity index (χ0n) is 19.3. The van der Waals surface area contributed by atoms with Crippen LogP contribution in [0.15, 0.2) is 65.1 Å². The predicted octanol–water partition coefficient (Wildman–Crippen LogP) is 5.15. The molecule has 0 saturated heterocycles. The molecule has 4 aromatic rings. The van der Waals surface area contributed by atoms with E-state index >= 15 is 0 Å². The van der Waals surface area contributed by atoms with E-state index in [0.29, 0.717) is 33.4 Å². The molecule has 0 amide bonds. The number of ketones is 1. The first-order valence-electron chi connectivity index (χ1n) is 11.1. The Balaban J connectivity index is 1.56. The number of carbonyl (C=O) groups is 2. The average molecular weight is 488 g/mol. The SMILES string of the molecule is Cc1ccc(C[C@H](CC(=O)/C=C/c2ccc(O)c3oc(-c4ccc(O)c(O)c4)cc23)C(=O)O)cc1O. The summed E-state index contributed by atoms with van der Waals surface area (Å²) < 4.78 is 5.75. The van der Waals surface area contributed by atoms with Gasteiger partial charge in [-0.2, -0.15) is 0 Å². The van der Waals surface area contributed by atoms with Crippen LogP contribution in [0.5, 0.6) is 23.0 Å². The van der Waals surface area contributed by atoms with Crippen LogP contribution < -0.4 is 0 Å². The van der Waals surface area contributed by atoms with Gasteiger partial charge in [-0.05, 0) is 72.5 Å². The fraction of sp³-hybridized carbons (Fsp3) is 0.143. The summed E-state index contributed by atoms with van der Waals surface area (Å²) in [5.41, 5.74) is 2.50. The van der Waals surface area contributed by atoms with Gasteiger partial charge < -0.3 is 29.9 Å². The second kappa shape index (κ2) is 9.87. The van der Waals surface area contributed by atoms with E-state index in [2.05, 4.69) is 0 Å². The van der Waals surface area contributed by atoms with Crippen molar-refractivity contribution in [1.82, 2.24) is 0 Å². The van der Waals surface area contributed by atoms with Gasteiger partial charge in [0.25, 0.3) is 0 Å². The number of carboxylic acid groups (broad SMARTS) is 1. The molecule has 1 aromatic heterocycles. The molecule has 0 bridgehead atoms. The highest BCUT2D eigenvalue weighted by Crippen LogP contribution is 2.38. The first-order valence-corrected chi connectivity index (χ1v) is 11.1. The monoisotopic (exact) mass is 488 g/mol. The normalized spacial score (nSPS) is 12.2. The summed E-state index contributed by atoms with van der Waals surface area (Å²) in [7, 11) is 0. The molecule has 0 radical (unpaired) electrons. The first kappa shape index (κ1) is 24.4. The Hall–Kier alpha value is -4.72. The lowest BCUT2D eigenvalue weighted by Gasteiger charge is -2.11. The second-order valence-corrected chi connectivity index (χ2v) is 8.59. The summed E-state index contributed by atoms with van der Waals surface area (Å²) in [6.07, 6.45) is 2.67. The van der Waals surface area contributed by atoms with E-state index in [0.717, 1.165) is 0 Å². The number of allylic oxidation sites excluding steroid dienone is 1. The fourth-order valence-electron chi connectivity index (χ4n) is 3.90. The van der Waals surface area contributed by atoms with Gasteiger partial charge in [0.2, 0.25) is 0 Å². The summed E-state index contributed by atoms with van der Waals surface area (Å²) in [6.45, 7) is 1.74. The molecule has 0 unspecified atom stereocenters. The van der Waals surface area contributed by atoms with Gasteiger partial charge in [0.15, 0.2) is 28.6 Å². The van der Waals surface area contributed by atoms with Crippen molar-refractivity contribution in [3.8, 4) is 34.3 Å². The highest BCUT2D eigenvalue weighted by atomic mass is 16.4. The number of carbonyl (C=O) groups excluding carboxylic acids is 1. The van der Waals surface area contributed by atoms with Crippen LogP contribution in [-0.4, -0.2) is 37.3 Å². The third kappa shape index (κ3) is 5.17. The van der Waals surface area contributed by atoms with Crippen LogP contribution in [-0.2, 0) is 16.0 Å². The van der Waals surface area contributed by atoms with E-state index in [1.807, 2.05) is 0 Å². The summed E-state index contributed by atoms with van der Waals surface area (Å²) >= 11 is 0. The van der Waals surface area contributed by atoms with Crippen molar-refractivity contribution in [2.24, 2.45) is 5.92 Å². The van der Waals surface area contributed by atoms with Crippen molar-refractivity contribution < 1.29 is 39.5 Å². The molecule has 4 rings (SSSR count). The van der Waals surface area contributed by atoms with E-state index in [1.54, 1.807) is 37.3 Å². The number of benzene rings is 3. The molecule has 8 heteroatoms. The fourth-order valence-corrected chi connectivity index (χ4v) is 3.90. The number of furan rings is 1. The maximum atomic E-state index is 12.6. The maximum absolute atomic E-state index is 12.6. The Morgan fingerprint density at radius 2 is 1.64 bits per heavy atom. The zero-order valence-corrected chi connectivity index (χ0v) is 19.3. The van der Waals surface area contributed by atoms with Crippen molar-refractivity contribution in [1.29, 1.82) is 0 Å². The summed E-state index contributed by atoms with van der Waals surface area (Å²) in [5, 5.41) is 49.5. The van der Waals surface area contributed by atoms with Crippen LogP contribution in [0.3, 0.4) is 0 Å². The molecule has 0 aliphatic heterocycles. The van der Waals surface area contributed by atoms with Crippen LogP contribution in [0.4, 0.5) is 0 Å². The van der Waals surface area contributed by atoms with Crippen LogP contribution in [0.25, 0.3) is 28.4 Å². The third-order valence-corrected chi connectivity index (χ3v) is 5.96. The lowest BCUT2D eigenvalue weighted by Crippen LogP contribution is -2.19. The quantitative estimate of drug-likeness (QED) is 0.169. The molecule has 0 fully saturated rings. The van der Waals surface area contributed by atoms with Crippen LogP contribution in [0.2, 0.25) is 0 Å². The third-order valence-electron chi connectivity index (χ3n) is 5.96. The van der Waals surface area contributed by atoms with E-state index in [9.17, 15) is 35.1 Å². The van der Waals surface area contributed by atoms with E-state index in [-0.39, 0.29) is 41.4 Å².